The molecule has 46 heavy (non-hydrogen) atoms. The van der Waals surface area contributed by atoms with Crippen molar-refractivity contribution in [3.8, 4) is 5.75 Å². The number of carbonyl (C=O) groups excluding carboxylic acids is 3. The van der Waals surface area contributed by atoms with Gasteiger partial charge in [-0.25, -0.2) is 0 Å². The number of H-pyrrole nitrogens is 1. The van der Waals surface area contributed by atoms with Gasteiger partial charge in [0.15, 0.2) is 6.61 Å². The number of rotatable bonds is 6. The SMILES string of the molecule is O=C(COc1ccccc1[C@@H]1c2sc(=O)[nH]c2S[C@@H]2[C@@H]3C[C@@H]([C@@H]4C(=O)N(c5ccc(Br)cc5)C(=O)[C@@H]34)[C@H]12)Nc1ccc(Cl)c(Cl)c1. The minimum atomic E-state index is -0.423. The third kappa shape index (κ3) is 4.85. The maximum Gasteiger partial charge on any atom is 0.305 e. The van der Waals surface area contributed by atoms with E-state index in [1.54, 1.807) is 42.1 Å². The predicted molar refractivity (Wildman–Crippen MR) is 182 cm³/mol. The number of nitrogens with zero attached hydrogens (tertiary/aromatic N) is 1. The van der Waals surface area contributed by atoms with Crippen molar-refractivity contribution in [1.29, 1.82) is 0 Å². The smallest absolute Gasteiger partial charge is 0.305 e. The van der Waals surface area contributed by atoms with Gasteiger partial charge in [-0.15, -0.1) is 11.8 Å². The van der Waals surface area contributed by atoms with Gasteiger partial charge in [0.25, 0.3) is 5.91 Å². The summed E-state index contributed by atoms with van der Waals surface area (Å²) in [7, 11) is 0. The van der Waals surface area contributed by atoms with Crippen LogP contribution in [0.2, 0.25) is 10.0 Å². The number of nitrogens with one attached hydrogen (secondary N) is 2. The molecule has 4 aliphatic rings. The average Bonchev–Trinajstić information content (AvgIpc) is 3.77. The monoisotopic (exact) mass is 755 g/mol. The molecule has 2 bridgehead atoms. The van der Waals surface area contributed by atoms with Gasteiger partial charge in [0.1, 0.15) is 5.75 Å². The van der Waals surface area contributed by atoms with Crippen molar-refractivity contribution in [2.75, 3.05) is 16.8 Å². The number of aromatic nitrogens is 1. The highest BCUT2D eigenvalue weighted by Gasteiger charge is 2.69. The lowest BCUT2D eigenvalue weighted by Gasteiger charge is -2.43. The van der Waals surface area contributed by atoms with Crippen LogP contribution in [0.15, 0.2) is 81.0 Å². The van der Waals surface area contributed by atoms with E-state index in [1.807, 2.05) is 36.4 Å². The van der Waals surface area contributed by atoms with Crippen LogP contribution in [0.1, 0.15) is 22.8 Å². The second-order valence-electron chi connectivity index (χ2n) is 12.0. The molecule has 2 aliphatic carbocycles. The van der Waals surface area contributed by atoms with Crippen LogP contribution < -0.4 is 19.8 Å². The van der Waals surface area contributed by atoms with Crippen LogP contribution in [0.3, 0.4) is 0 Å². The molecule has 2 aliphatic heterocycles. The fraction of sp³-hybridized carbons (Fsp3) is 0.273. The molecule has 1 aromatic heterocycles. The Bertz CT molecular complexity index is 1980. The summed E-state index contributed by atoms with van der Waals surface area (Å²) in [6.07, 6.45) is 0.772. The van der Waals surface area contributed by atoms with E-state index >= 15 is 0 Å². The largest absolute Gasteiger partial charge is 0.483 e. The summed E-state index contributed by atoms with van der Waals surface area (Å²) in [5.74, 6) is -1.26. The number of hydrogen-bond acceptors (Lipinski definition) is 7. The first-order valence-corrected chi connectivity index (χ1v) is 17.9. The Hall–Kier alpha value is -3.09. The van der Waals surface area contributed by atoms with Crippen molar-refractivity contribution in [2.24, 2.45) is 29.6 Å². The molecule has 3 fully saturated rings. The quantitative estimate of drug-likeness (QED) is 0.202. The second-order valence-corrected chi connectivity index (χ2v) is 15.9. The number of benzene rings is 3. The number of imide groups is 1. The lowest BCUT2D eigenvalue weighted by atomic mass is 9.68. The molecule has 234 valence electrons. The highest BCUT2D eigenvalue weighted by Crippen LogP contribution is 2.69. The minimum Gasteiger partial charge on any atom is -0.483 e. The number of fused-ring (bicyclic) bond motifs is 9. The lowest BCUT2D eigenvalue weighted by Crippen LogP contribution is -2.42. The molecule has 3 heterocycles. The molecule has 13 heteroatoms. The fourth-order valence-electron chi connectivity index (χ4n) is 7.99. The Morgan fingerprint density at radius 1 is 0.978 bits per heavy atom. The Morgan fingerprint density at radius 2 is 1.72 bits per heavy atom. The molecule has 8 nitrogen and oxygen atoms in total. The molecule has 2 saturated carbocycles. The van der Waals surface area contributed by atoms with Crippen molar-refractivity contribution >= 4 is 91.3 Å². The van der Waals surface area contributed by atoms with Crippen LogP contribution in [0.5, 0.6) is 5.75 Å². The number of halogens is 3. The van der Waals surface area contributed by atoms with E-state index in [0.717, 1.165) is 26.4 Å². The van der Waals surface area contributed by atoms with Gasteiger partial charge in [-0.2, -0.15) is 0 Å². The van der Waals surface area contributed by atoms with E-state index < -0.39 is 5.92 Å². The zero-order valence-corrected chi connectivity index (χ0v) is 28.5. The van der Waals surface area contributed by atoms with Crippen LogP contribution in [0.25, 0.3) is 0 Å². The molecule has 4 aromatic rings. The zero-order valence-electron chi connectivity index (χ0n) is 23.7. The van der Waals surface area contributed by atoms with Crippen molar-refractivity contribution in [3.05, 3.63) is 101 Å². The average molecular weight is 758 g/mol. The van der Waals surface area contributed by atoms with Crippen molar-refractivity contribution < 1.29 is 19.1 Å². The zero-order chi connectivity index (χ0) is 31.9. The molecule has 2 N–H and O–H groups in total. The number of para-hydroxylation sites is 1. The minimum absolute atomic E-state index is 0.00777. The third-order valence-corrected chi connectivity index (χ3v) is 13.5. The van der Waals surface area contributed by atoms with Crippen LogP contribution >= 0.6 is 62.2 Å². The molecule has 3 amide bonds. The Kier molecular flexibility index (Phi) is 7.60. The van der Waals surface area contributed by atoms with Gasteiger partial charge in [-0.3, -0.25) is 24.1 Å². The lowest BCUT2D eigenvalue weighted by molar-refractivity contribution is -0.123. The van der Waals surface area contributed by atoms with Gasteiger partial charge in [0, 0.05) is 31.8 Å². The molecule has 8 rings (SSSR count). The van der Waals surface area contributed by atoms with E-state index in [0.29, 0.717) is 27.2 Å². The van der Waals surface area contributed by atoms with E-state index in [9.17, 15) is 19.2 Å². The van der Waals surface area contributed by atoms with Crippen molar-refractivity contribution in [1.82, 2.24) is 4.98 Å². The Morgan fingerprint density at radius 3 is 2.48 bits per heavy atom. The van der Waals surface area contributed by atoms with Gasteiger partial charge in [-0.05, 0) is 72.7 Å². The topological polar surface area (TPSA) is 109 Å². The summed E-state index contributed by atoms with van der Waals surface area (Å²) in [5, 5.41) is 4.33. The van der Waals surface area contributed by atoms with Crippen LogP contribution in [-0.4, -0.2) is 34.6 Å². The summed E-state index contributed by atoms with van der Waals surface area (Å²) in [6, 6.07) is 19.6. The maximum absolute atomic E-state index is 14.0. The summed E-state index contributed by atoms with van der Waals surface area (Å²) < 4.78 is 7.01. The van der Waals surface area contributed by atoms with Crippen LogP contribution in [0, 0.1) is 29.6 Å². The van der Waals surface area contributed by atoms with Gasteiger partial charge >= 0.3 is 4.87 Å². The highest BCUT2D eigenvalue weighted by molar-refractivity contribution is 9.10. The molecule has 0 unspecified atom stereocenters. The number of hydrogen-bond donors (Lipinski definition) is 2. The fourth-order valence-corrected chi connectivity index (χ4v) is 11.4. The van der Waals surface area contributed by atoms with Crippen LogP contribution in [-0.2, 0) is 14.4 Å². The van der Waals surface area contributed by atoms with Gasteiger partial charge in [-0.1, -0.05) is 68.7 Å². The number of ether oxygens (including phenoxy) is 1. The first kappa shape index (κ1) is 30.3. The number of aromatic amines is 1. The molecule has 7 atom stereocenters. The van der Waals surface area contributed by atoms with Gasteiger partial charge in [0.05, 0.1) is 32.6 Å². The van der Waals surface area contributed by atoms with Gasteiger partial charge in [0.2, 0.25) is 11.8 Å². The summed E-state index contributed by atoms with van der Waals surface area (Å²) in [5.41, 5.74) is 1.93. The number of thiazole rings is 1. The summed E-state index contributed by atoms with van der Waals surface area (Å²) in [4.78, 5) is 58.6. The molecule has 0 spiro atoms. The molecular formula is C33H24BrCl2N3O5S2. The summed E-state index contributed by atoms with van der Waals surface area (Å²) in [6.45, 7) is -0.255. The van der Waals surface area contributed by atoms with E-state index in [2.05, 4.69) is 26.2 Å². The number of thioether (sulfide) groups is 1. The number of amides is 3. The van der Waals surface area contributed by atoms with E-state index in [4.69, 9.17) is 27.9 Å². The predicted octanol–water partition coefficient (Wildman–Crippen LogP) is 7.20. The standard InChI is InChI=1S/C33H24BrCl2N3O5S2/c34-14-5-8-16(9-6-14)39-31(41)26-18-12-19(27(26)32(39)42)28-25(18)24(29-30(45-28)38-33(43)46-29)17-3-1-2-4-22(17)44-13-23(40)37-15-7-10-20(35)21(36)11-15/h1-11,18-19,24-28H,12-13H2,(H,37,40)(H,38,43)/t18-,19-,24+,25-,26+,27+,28-/m1/s1. The first-order chi connectivity index (χ1) is 22.2. The van der Waals surface area contributed by atoms with E-state index in [-0.39, 0.29) is 64.0 Å². The van der Waals surface area contributed by atoms with E-state index in [1.165, 1.54) is 16.2 Å². The van der Waals surface area contributed by atoms with Crippen molar-refractivity contribution in [3.63, 3.8) is 0 Å². The maximum atomic E-state index is 14.0. The third-order valence-electron chi connectivity index (χ3n) is 9.62. The van der Waals surface area contributed by atoms with Crippen molar-refractivity contribution in [2.45, 2.75) is 22.6 Å². The molecular weight excluding hydrogens is 733 g/mol. The molecule has 1 saturated heterocycles. The molecule has 0 radical (unpaired) electrons. The van der Waals surface area contributed by atoms with Crippen LogP contribution in [0.4, 0.5) is 11.4 Å². The number of anilines is 2. The normalized spacial score (nSPS) is 27.4. The Balaban J connectivity index is 1.11. The second kappa shape index (κ2) is 11.6. The highest BCUT2D eigenvalue weighted by atomic mass is 79.9. The molecule has 3 aromatic carbocycles. The first-order valence-electron chi connectivity index (χ1n) is 14.7. The van der Waals surface area contributed by atoms with Gasteiger partial charge < -0.3 is 15.0 Å². The summed E-state index contributed by atoms with van der Waals surface area (Å²) >= 11 is 18.3. The number of carbonyl (C=O) groups is 3. The Labute approximate surface area is 289 Å².